The molecule has 0 atom stereocenters. The normalized spacial score (nSPS) is 11.1. The summed E-state index contributed by atoms with van der Waals surface area (Å²) in [6.45, 7) is 2.15. The Kier molecular flexibility index (Phi) is 2.99. The van der Waals surface area contributed by atoms with E-state index in [1.165, 1.54) is 0 Å². The molecule has 0 spiro atoms. The van der Waals surface area contributed by atoms with Crippen molar-refractivity contribution in [3.8, 4) is 11.4 Å². The van der Waals surface area contributed by atoms with Crippen molar-refractivity contribution >= 4 is 11.0 Å². The van der Waals surface area contributed by atoms with E-state index in [1.54, 1.807) is 0 Å². The van der Waals surface area contributed by atoms with Crippen LogP contribution in [0.15, 0.2) is 36.5 Å². The number of rotatable bonds is 3. The molecule has 96 valence electrons. The fourth-order valence-corrected chi connectivity index (χ4v) is 2.24. The average Bonchev–Trinajstić information content (AvgIpc) is 2.77. The lowest BCUT2D eigenvalue weighted by atomic mass is 10.2. The summed E-state index contributed by atoms with van der Waals surface area (Å²) in [4.78, 5) is 9.13. The van der Waals surface area contributed by atoms with Gasteiger partial charge in [0.15, 0.2) is 5.82 Å². The van der Waals surface area contributed by atoms with Crippen molar-refractivity contribution in [2.75, 3.05) is 0 Å². The van der Waals surface area contributed by atoms with Crippen LogP contribution in [-0.4, -0.2) is 19.7 Å². The van der Waals surface area contributed by atoms with Gasteiger partial charge in [0.2, 0.25) is 0 Å². The fourth-order valence-electron chi connectivity index (χ4n) is 2.24. The highest BCUT2D eigenvalue weighted by atomic mass is 15.3. The molecule has 0 radical (unpaired) electrons. The molecular formula is C15H16N4. The Morgan fingerprint density at radius 3 is 2.68 bits per heavy atom. The Labute approximate surface area is 112 Å². The molecule has 0 aliphatic rings. The van der Waals surface area contributed by atoms with Crippen molar-refractivity contribution in [2.45, 2.75) is 19.8 Å². The minimum Gasteiger partial charge on any atom is -0.264 e. The second-order valence-corrected chi connectivity index (χ2v) is 4.61. The summed E-state index contributed by atoms with van der Waals surface area (Å²) in [5.41, 5.74) is 4.05. The Morgan fingerprint density at radius 1 is 1.16 bits per heavy atom. The van der Waals surface area contributed by atoms with Gasteiger partial charge in [0.25, 0.3) is 0 Å². The quantitative estimate of drug-likeness (QED) is 0.719. The zero-order valence-electron chi connectivity index (χ0n) is 11.2. The molecule has 19 heavy (non-hydrogen) atoms. The molecule has 3 rings (SSSR count). The van der Waals surface area contributed by atoms with Crippen LogP contribution in [0.2, 0.25) is 0 Å². The molecule has 3 aromatic rings. The summed E-state index contributed by atoms with van der Waals surface area (Å²) in [6.07, 6.45) is 3.87. The number of fused-ring (bicyclic) bond motifs is 1. The monoisotopic (exact) mass is 252 g/mol. The van der Waals surface area contributed by atoms with Gasteiger partial charge < -0.3 is 0 Å². The van der Waals surface area contributed by atoms with E-state index in [4.69, 9.17) is 4.98 Å². The third-order valence-corrected chi connectivity index (χ3v) is 3.18. The summed E-state index contributed by atoms with van der Waals surface area (Å²) in [5.74, 6) is 0.762. The van der Waals surface area contributed by atoms with Crippen LogP contribution in [0.3, 0.4) is 0 Å². The second kappa shape index (κ2) is 4.80. The Bertz CT molecular complexity index is 701. The van der Waals surface area contributed by atoms with Crippen molar-refractivity contribution < 1.29 is 0 Å². The van der Waals surface area contributed by atoms with Crippen LogP contribution >= 0.6 is 0 Å². The average molecular weight is 252 g/mol. The van der Waals surface area contributed by atoms with Crippen molar-refractivity contribution in [3.63, 3.8) is 0 Å². The first kappa shape index (κ1) is 11.8. The molecule has 1 aromatic carbocycles. The molecule has 0 N–H and O–H groups in total. The molecule has 0 aliphatic carbocycles. The number of benzene rings is 1. The van der Waals surface area contributed by atoms with Crippen molar-refractivity contribution in [1.82, 2.24) is 19.7 Å². The number of aromatic nitrogens is 4. The molecule has 4 heteroatoms. The summed E-state index contributed by atoms with van der Waals surface area (Å²) >= 11 is 0. The molecule has 0 saturated heterocycles. The minimum absolute atomic E-state index is 0.762. The lowest BCUT2D eigenvalue weighted by Crippen LogP contribution is -1.92. The minimum atomic E-state index is 0.762. The highest BCUT2D eigenvalue weighted by Crippen LogP contribution is 2.20. The Balaban J connectivity index is 2.17. The van der Waals surface area contributed by atoms with Gasteiger partial charge in [0.05, 0.1) is 11.9 Å². The highest BCUT2D eigenvalue weighted by Gasteiger charge is 2.11. The number of hydrogen-bond acceptors (Lipinski definition) is 3. The van der Waals surface area contributed by atoms with Crippen LogP contribution in [0.5, 0.6) is 0 Å². The fraction of sp³-hybridized carbons (Fsp3) is 0.267. The smallest absolute Gasteiger partial charge is 0.159 e. The van der Waals surface area contributed by atoms with E-state index in [0.29, 0.717) is 0 Å². The van der Waals surface area contributed by atoms with E-state index in [9.17, 15) is 0 Å². The van der Waals surface area contributed by atoms with Crippen LogP contribution < -0.4 is 0 Å². The van der Waals surface area contributed by atoms with Gasteiger partial charge in [0.1, 0.15) is 11.0 Å². The Morgan fingerprint density at radius 2 is 1.95 bits per heavy atom. The summed E-state index contributed by atoms with van der Waals surface area (Å²) in [6, 6.07) is 10.0. The number of hydrogen-bond donors (Lipinski definition) is 0. The molecule has 0 amide bonds. The van der Waals surface area contributed by atoms with Crippen molar-refractivity contribution in [2.24, 2.45) is 7.05 Å². The van der Waals surface area contributed by atoms with Gasteiger partial charge >= 0.3 is 0 Å². The van der Waals surface area contributed by atoms with Crippen molar-refractivity contribution in [1.29, 1.82) is 0 Å². The van der Waals surface area contributed by atoms with Crippen LogP contribution in [0.1, 0.15) is 19.0 Å². The van der Waals surface area contributed by atoms with Gasteiger partial charge in [-0.15, -0.1) is 0 Å². The standard InChI is InChI=1S/C15H16N4/c1-3-7-12-14-13(19(2)18-12)10-16-15(17-14)11-8-5-4-6-9-11/h4-6,8-10H,3,7H2,1-2H3. The molecular weight excluding hydrogens is 236 g/mol. The van der Waals surface area contributed by atoms with E-state index < -0.39 is 0 Å². The van der Waals surface area contributed by atoms with E-state index in [1.807, 2.05) is 48.3 Å². The predicted octanol–water partition coefficient (Wildman–Crippen LogP) is 2.98. The van der Waals surface area contributed by atoms with Crippen LogP contribution in [0.4, 0.5) is 0 Å². The van der Waals surface area contributed by atoms with Gasteiger partial charge in [0, 0.05) is 12.6 Å². The van der Waals surface area contributed by atoms with Gasteiger partial charge in [-0.05, 0) is 6.42 Å². The first-order valence-corrected chi connectivity index (χ1v) is 6.53. The number of nitrogens with zero attached hydrogens (tertiary/aromatic N) is 4. The van der Waals surface area contributed by atoms with Crippen LogP contribution in [-0.2, 0) is 13.5 Å². The molecule has 0 bridgehead atoms. The maximum absolute atomic E-state index is 4.69. The zero-order chi connectivity index (χ0) is 13.2. The van der Waals surface area contributed by atoms with Crippen LogP contribution in [0.25, 0.3) is 22.4 Å². The summed E-state index contributed by atoms with van der Waals surface area (Å²) in [7, 11) is 1.94. The number of aryl methyl sites for hydroxylation is 2. The zero-order valence-corrected chi connectivity index (χ0v) is 11.2. The largest absolute Gasteiger partial charge is 0.264 e. The predicted molar refractivity (Wildman–Crippen MR) is 75.7 cm³/mol. The molecule has 0 unspecified atom stereocenters. The molecule has 4 nitrogen and oxygen atoms in total. The van der Waals surface area contributed by atoms with E-state index in [2.05, 4.69) is 17.0 Å². The molecule has 0 aliphatic heterocycles. The SMILES string of the molecule is CCCc1nn(C)c2cnc(-c3ccccc3)nc12. The maximum Gasteiger partial charge on any atom is 0.159 e. The first-order chi connectivity index (χ1) is 9.29. The van der Waals surface area contributed by atoms with Crippen molar-refractivity contribution in [3.05, 3.63) is 42.2 Å². The van der Waals surface area contributed by atoms with E-state index in [0.717, 1.165) is 41.0 Å². The van der Waals surface area contributed by atoms with E-state index in [-0.39, 0.29) is 0 Å². The topological polar surface area (TPSA) is 43.6 Å². The molecule has 0 fully saturated rings. The van der Waals surface area contributed by atoms with E-state index >= 15 is 0 Å². The second-order valence-electron chi connectivity index (χ2n) is 4.61. The summed E-state index contributed by atoms with van der Waals surface area (Å²) in [5, 5.41) is 4.53. The van der Waals surface area contributed by atoms with Gasteiger partial charge in [-0.25, -0.2) is 9.97 Å². The summed E-state index contributed by atoms with van der Waals surface area (Å²) < 4.78 is 1.86. The first-order valence-electron chi connectivity index (χ1n) is 6.53. The molecule has 2 heterocycles. The third-order valence-electron chi connectivity index (χ3n) is 3.18. The molecule has 0 saturated carbocycles. The van der Waals surface area contributed by atoms with Gasteiger partial charge in [-0.2, -0.15) is 5.10 Å². The van der Waals surface area contributed by atoms with Gasteiger partial charge in [-0.1, -0.05) is 43.7 Å². The third kappa shape index (κ3) is 2.10. The lowest BCUT2D eigenvalue weighted by molar-refractivity contribution is 0.752. The Hall–Kier alpha value is -2.23. The van der Waals surface area contributed by atoms with Crippen LogP contribution in [0, 0.1) is 0 Å². The van der Waals surface area contributed by atoms with Gasteiger partial charge in [-0.3, -0.25) is 4.68 Å². The lowest BCUT2D eigenvalue weighted by Gasteiger charge is -2.00. The highest BCUT2D eigenvalue weighted by molar-refractivity contribution is 5.78. The maximum atomic E-state index is 4.69. The molecule has 2 aromatic heterocycles.